The van der Waals surface area contributed by atoms with Crippen LogP contribution in [-0.2, 0) is 20.6 Å². The molecule has 0 spiro atoms. The molecule has 102 valence electrons. The van der Waals surface area contributed by atoms with Crippen molar-refractivity contribution in [2.45, 2.75) is 39.6 Å². The highest BCUT2D eigenvalue weighted by molar-refractivity contribution is 5.36. The van der Waals surface area contributed by atoms with Crippen molar-refractivity contribution >= 4 is 0 Å². The minimum Gasteiger partial charge on any atom is -0.331 e. The Kier molecular flexibility index (Phi) is 5.32. The van der Waals surface area contributed by atoms with Crippen LogP contribution in [0.3, 0.4) is 0 Å². The standard InChI is InChI=1S/C15H24O3/c1-11-9-13(3)14(10-12(11)2)7-8-15(16-4,17-5)18-6/h9-10H,7-8H2,1-6H3. The molecule has 0 fully saturated rings. The Morgan fingerprint density at radius 2 is 1.33 bits per heavy atom. The molecule has 0 aliphatic rings. The zero-order valence-corrected chi connectivity index (χ0v) is 12.3. The first kappa shape index (κ1) is 15.2. The van der Waals surface area contributed by atoms with Gasteiger partial charge in [-0.15, -0.1) is 0 Å². The van der Waals surface area contributed by atoms with E-state index in [1.807, 2.05) is 0 Å². The first-order valence-electron chi connectivity index (χ1n) is 6.20. The number of rotatable bonds is 6. The predicted molar refractivity (Wildman–Crippen MR) is 72.7 cm³/mol. The third kappa shape index (κ3) is 3.31. The van der Waals surface area contributed by atoms with Gasteiger partial charge in [-0.1, -0.05) is 12.1 Å². The summed E-state index contributed by atoms with van der Waals surface area (Å²) in [5.74, 6) is -0.939. The van der Waals surface area contributed by atoms with Crippen LogP contribution in [0.15, 0.2) is 12.1 Å². The van der Waals surface area contributed by atoms with Crippen LogP contribution in [0.2, 0.25) is 0 Å². The van der Waals surface area contributed by atoms with E-state index < -0.39 is 5.97 Å². The van der Waals surface area contributed by atoms with Crippen LogP contribution in [0.5, 0.6) is 0 Å². The predicted octanol–water partition coefficient (Wildman–Crippen LogP) is 3.14. The van der Waals surface area contributed by atoms with E-state index in [0.29, 0.717) is 6.42 Å². The van der Waals surface area contributed by atoms with Crippen LogP contribution in [0.25, 0.3) is 0 Å². The fraction of sp³-hybridized carbons (Fsp3) is 0.600. The van der Waals surface area contributed by atoms with Crippen molar-refractivity contribution in [2.24, 2.45) is 0 Å². The number of ether oxygens (including phenoxy) is 3. The highest BCUT2D eigenvalue weighted by atomic mass is 16.9. The van der Waals surface area contributed by atoms with E-state index in [2.05, 4.69) is 32.9 Å². The normalized spacial score (nSPS) is 11.9. The second-order valence-electron chi connectivity index (χ2n) is 4.66. The topological polar surface area (TPSA) is 27.7 Å². The van der Waals surface area contributed by atoms with Gasteiger partial charge in [0, 0.05) is 27.8 Å². The Hall–Kier alpha value is -0.900. The first-order chi connectivity index (χ1) is 8.48. The first-order valence-corrected chi connectivity index (χ1v) is 6.20. The third-order valence-electron chi connectivity index (χ3n) is 3.59. The fourth-order valence-electron chi connectivity index (χ4n) is 2.13. The van der Waals surface area contributed by atoms with Crippen molar-refractivity contribution in [3.63, 3.8) is 0 Å². The lowest BCUT2D eigenvalue weighted by Crippen LogP contribution is -2.36. The summed E-state index contributed by atoms with van der Waals surface area (Å²) in [4.78, 5) is 0. The summed E-state index contributed by atoms with van der Waals surface area (Å²) in [7, 11) is 4.79. The molecule has 0 unspecified atom stereocenters. The van der Waals surface area contributed by atoms with E-state index in [4.69, 9.17) is 14.2 Å². The smallest absolute Gasteiger partial charge is 0.282 e. The molecule has 0 bridgehead atoms. The molecule has 0 aromatic heterocycles. The molecular weight excluding hydrogens is 228 g/mol. The van der Waals surface area contributed by atoms with Crippen LogP contribution in [0.4, 0.5) is 0 Å². The van der Waals surface area contributed by atoms with Gasteiger partial charge in [-0.2, -0.15) is 0 Å². The quantitative estimate of drug-likeness (QED) is 0.728. The second-order valence-corrected chi connectivity index (χ2v) is 4.66. The molecule has 3 heteroatoms. The number of methoxy groups -OCH3 is 3. The summed E-state index contributed by atoms with van der Waals surface area (Å²) >= 11 is 0. The molecule has 0 heterocycles. The number of benzene rings is 1. The average molecular weight is 252 g/mol. The van der Waals surface area contributed by atoms with Crippen molar-refractivity contribution in [3.8, 4) is 0 Å². The van der Waals surface area contributed by atoms with Crippen molar-refractivity contribution in [1.29, 1.82) is 0 Å². The Morgan fingerprint density at radius 1 is 0.833 bits per heavy atom. The second kappa shape index (κ2) is 6.32. The van der Waals surface area contributed by atoms with E-state index >= 15 is 0 Å². The van der Waals surface area contributed by atoms with Gasteiger partial charge in [0.15, 0.2) is 0 Å². The molecule has 18 heavy (non-hydrogen) atoms. The molecule has 0 saturated carbocycles. The Labute approximate surface area is 110 Å². The van der Waals surface area contributed by atoms with E-state index in [0.717, 1.165) is 6.42 Å². The summed E-state index contributed by atoms with van der Waals surface area (Å²) in [6.07, 6.45) is 1.53. The maximum Gasteiger partial charge on any atom is 0.282 e. The van der Waals surface area contributed by atoms with E-state index in [1.54, 1.807) is 21.3 Å². The molecule has 0 amide bonds. The van der Waals surface area contributed by atoms with E-state index in [9.17, 15) is 0 Å². The van der Waals surface area contributed by atoms with Gasteiger partial charge in [0.1, 0.15) is 0 Å². The van der Waals surface area contributed by atoms with Crippen LogP contribution < -0.4 is 0 Å². The molecule has 0 N–H and O–H groups in total. The third-order valence-corrected chi connectivity index (χ3v) is 3.59. The van der Waals surface area contributed by atoms with Crippen LogP contribution in [0.1, 0.15) is 28.7 Å². The SMILES string of the molecule is COC(CCc1cc(C)c(C)cc1C)(OC)OC. The maximum atomic E-state index is 5.31. The summed E-state index contributed by atoms with van der Waals surface area (Å²) in [5, 5.41) is 0. The molecular formula is C15H24O3. The molecule has 0 aliphatic carbocycles. The van der Waals surface area contributed by atoms with Crippen molar-refractivity contribution < 1.29 is 14.2 Å². The summed E-state index contributed by atoms with van der Waals surface area (Å²) in [5.41, 5.74) is 5.25. The van der Waals surface area contributed by atoms with Gasteiger partial charge < -0.3 is 14.2 Å². The zero-order valence-electron chi connectivity index (χ0n) is 12.3. The number of hydrogen-bond donors (Lipinski definition) is 0. The average Bonchev–Trinajstić information content (AvgIpc) is 2.37. The lowest BCUT2D eigenvalue weighted by Gasteiger charge is -2.29. The summed E-state index contributed by atoms with van der Waals surface area (Å²) in [6, 6.07) is 4.45. The molecule has 1 aromatic rings. The zero-order chi connectivity index (χ0) is 13.8. The van der Waals surface area contributed by atoms with Crippen LogP contribution >= 0.6 is 0 Å². The van der Waals surface area contributed by atoms with Crippen molar-refractivity contribution in [1.82, 2.24) is 0 Å². The number of aryl methyl sites for hydroxylation is 4. The monoisotopic (exact) mass is 252 g/mol. The molecule has 0 aliphatic heterocycles. The molecule has 0 saturated heterocycles. The van der Waals surface area contributed by atoms with Crippen molar-refractivity contribution in [2.75, 3.05) is 21.3 Å². The molecule has 0 atom stereocenters. The van der Waals surface area contributed by atoms with Gasteiger partial charge in [0.2, 0.25) is 0 Å². The van der Waals surface area contributed by atoms with Gasteiger partial charge in [0.25, 0.3) is 5.97 Å². The maximum absolute atomic E-state index is 5.31. The van der Waals surface area contributed by atoms with Crippen LogP contribution in [0, 0.1) is 20.8 Å². The van der Waals surface area contributed by atoms with Gasteiger partial charge >= 0.3 is 0 Å². The van der Waals surface area contributed by atoms with Gasteiger partial charge in [0.05, 0.1) is 0 Å². The summed E-state index contributed by atoms with van der Waals surface area (Å²) < 4.78 is 15.9. The Balaban J connectivity index is 2.83. The Morgan fingerprint density at radius 3 is 1.83 bits per heavy atom. The lowest BCUT2D eigenvalue weighted by molar-refractivity contribution is -0.354. The van der Waals surface area contributed by atoms with E-state index in [-0.39, 0.29) is 0 Å². The summed E-state index contributed by atoms with van der Waals surface area (Å²) in [6.45, 7) is 6.40. The molecule has 0 radical (unpaired) electrons. The van der Waals surface area contributed by atoms with Crippen molar-refractivity contribution in [3.05, 3.63) is 34.4 Å². The van der Waals surface area contributed by atoms with Gasteiger partial charge in [-0.3, -0.25) is 0 Å². The highest BCUT2D eigenvalue weighted by Crippen LogP contribution is 2.23. The Bertz CT molecular complexity index is 387. The van der Waals surface area contributed by atoms with Gasteiger partial charge in [-0.05, 0) is 49.4 Å². The highest BCUT2D eigenvalue weighted by Gasteiger charge is 2.29. The van der Waals surface area contributed by atoms with Crippen LogP contribution in [-0.4, -0.2) is 27.3 Å². The minimum atomic E-state index is -0.939. The fourth-order valence-corrected chi connectivity index (χ4v) is 2.13. The molecule has 1 aromatic carbocycles. The largest absolute Gasteiger partial charge is 0.331 e. The minimum absolute atomic E-state index is 0.667. The number of hydrogen-bond acceptors (Lipinski definition) is 3. The molecule has 1 rings (SSSR count). The van der Waals surface area contributed by atoms with E-state index in [1.165, 1.54) is 22.3 Å². The molecule has 3 nitrogen and oxygen atoms in total. The van der Waals surface area contributed by atoms with Gasteiger partial charge in [-0.25, -0.2) is 0 Å². The lowest BCUT2D eigenvalue weighted by atomic mass is 9.97.